The van der Waals surface area contributed by atoms with Crippen molar-refractivity contribution in [2.45, 2.75) is 89.1 Å². The number of ketones is 1. The largest absolute Gasteiger partial charge is 0.469 e. The molecule has 1 saturated carbocycles. The SMILES string of the molecule is CCCC[C@@](O)(OC)[C@H](O)/C=C/[C@H]1[C@H](O)CC(=O)[C@@H]1CCCCCCC(=O)OC. The topological polar surface area (TPSA) is 113 Å². The van der Waals surface area contributed by atoms with E-state index in [-0.39, 0.29) is 30.0 Å². The predicted molar refractivity (Wildman–Crippen MR) is 109 cm³/mol. The van der Waals surface area contributed by atoms with Crippen LogP contribution in [0.15, 0.2) is 12.2 Å². The van der Waals surface area contributed by atoms with Gasteiger partial charge in [-0.3, -0.25) is 9.59 Å². The molecule has 0 aliphatic heterocycles. The second-order valence-corrected chi connectivity index (χ2v) is 7.93. The molecule has 1 fully saturated rings. The number of ether oxygens (including phenoxy) is 2. The van der Waals surface area contributed by atoms with Crippen LogP contribution in [0.25, 0.3) is 0 Å². The number of aliphatic hydroxyl groups excluding tert-OH is 2. The number of carbonyl (C=O) groups excluding carboxylic acids is 2. The van der Waals surface area contributed by atoms with Crippen LogP contribution in [0.3, 0.4) is 0 Å². The van der Waals surface area contributed by atoms with Crippen molar-refractivity contribution in [2.24, 2.45) is 11.8 Å². The Morgan fingerprint density at radius 1 is 1.24 bits per heavy atom. The molecule has 0 bridgehead atoms. The molecular weight excluding hydrogens is 376 g/mol. The van der Waals surface area contributed by atoms with E-state index in [4.69, 9.17) is 4.74 Å². The van der Waals surface area contributed by atoms with Crippen LogP contribution in [0, 0.1) is 11.8 Å². The van der Waals surface area contributed by atoms with Gasteiger partial charge in [0.15, 0.2) is 5.79 Å². The summed E-state index contributed by atoms with van der Waals surface area (Å²) in [5, 5.41) is 31.1. The number of esters is 1. The molecule has 1 aliphatic rings. The first-order chi connectivity index (χ1) is 13.8. The summed E-state index contributed by atoms with van der Waals surface area (Å²) in [6, 6.07) is 0. The molecule has 5 atom stereocenters. The molecule has 0 aromatic heterocycles. The maximum absolute atomic E-state index is 12.3. The Labute approximate surface area is 174 Å². The Kier molecular flexibility index (Phi) is 11.6. The molecule has 0 heterocycles. The summed E-state index contributed by atoms with van der Waals surface area (Å²) in [7, 11) is 2.73. The quantitative estimate of drug-likeness (QED) is 0.173. The van der Waals surface area contributed by atoms with E-state index in [2.05, 4.69) is 4.74 Å². The molecule has 0 saturated heterocycles. The molecule has 7 nitrogen and oxygen atoms in total. The zero-order valence-corrected chi connectivity index (χ0v) is 18.0. The van der Waals surface area contributed by atoms with Crippen LogP contribution < -0.4 is 0 Å². The fourth-order valence-electron chi connectivity index (χ4n) is 3.87. The molecule has 0 aromatic carbocycles. The maximum Gasteiger partial charge on any atom is 0.305 e. The van der Waals surface area contributed by atoms with E-state index >= 15 is 0 Å². The van der Waals surface area contributed by atoms with E-state index in [1.165, 1.54) is 20.3 Å². The average Bonchev–Trinajstić information content (AvgIpc) is 2.98. The smallest absolute Gasteiger partial charge is 0.305 e. The first-order valence-electron chi connectivity index (χ1n) is 10.7. The van der Waals surface area contributed by atoms with Crippen molar-refractivity contribution in [3.05, 3.63) is 12.2 Å². The highest BCUT2D eigenvalue weighted by atomic mass is 16.6. The molecular formula is C22H38O7. The lowest BCUT2D eigenvalue weighted by molar-refractivity contribution is -0.234. The Morgan fingerprint density at radius 2 is 1.93 bits per heavy atom. The highest BCUT2D eigenvalue weighted by Gasteiger charge is 2.40. The highest BCUT2D eigenvalue weighted by molar-refractivity contribution is 5.84. The zero-order chi connectivity index (χ0) is 21.9. The summed E-state index contributed by atoms with van der Waals surface area (Å²) < 4.78 is 9.72. The lowest BCUT2D eigenvalue weighted by Crippen LogP contribution is -2.43. The Bertz CT molecular complexity index is 533. The molecule has 0 unspecified atom stereocenters. The van der Waals surface area contributed by atoms with Gasteiger partial charge in [0.1, 0.15) is 11.9 Å². The summed E-state index contributed by atoms with van der Waals surface area (Å²) in [6.45, 7) is 1.98. The third kappa shape index (κ3) is 8.16. The van der Waals surface area contributed by atoms with Crippen molar-refractivity contribution in [3.63, 3.8) is 0 Å². The molecule has 0 amide bonds. The third-order valence-electron chi connectivity index (χ3n) is 5.83. The van der Waals surface area contributed by atoms with Crippen molar-refractivity contribution in [2.75, 3.05) is 14.2 Å². The summed E-state index contributed by atoms with van der Waals surface area (Å²) in [5.74, 6) is -2.52. The lowest BCUT2D eigenvalue weighted by Gasteiger charge is -2.30. The number of hydrogen-bond acceptors (Lipinski definition) is 7. The van der Waals surface area contributed by atoms with Crippen LogP contribution in [0.1, 0.15) is 71.1 Å². The first kappa shape index (κ1) is 25.8. The molecule has 7 heteroatoms. The minimum atomic E-state index is -1.67. The number of rotatable bonds is 14. The Balaban J connectivity index is 2.57. The van der Waals surface area contributed by atoms with Gasteiger partial charge in [0, 0.05) is 38.2 Å². The van der Waals surface area contributed by atoms with Gasteiger partial charge in [-0.25, -0.2) is 0 Å². The standard InChI is InChI=1S/C22H38O7/c1-4-5-14-22(27,29-3)20(25)13-12-17-16(18(23)15-19(17)24)10-8-6-7-9-11-21(26)28-2/h12-13,16-17,19-20,24-25,27H,4-11,14-15H2,1-3H3/b13-12+/t16-,17-,19-,20-,22-/m1/s1. The van der Waals surface area contributed by atoms with E-state index in [9.17, 15) is 24.9 Å². The molecule has 0 aromatic rings. The molecule has 0 spiro atoms. The van der Waals surface area contributed by atoms with Gasteiger partial charge in [-0.05, 0) is 19.3 Å². The summed E-state index contributed by atoms with van der Waals surface area (Å²) in [4.78, 5) is 23.4. The van der Waals surface area contributed by atoms with Crippen LogP contribution in [0.5, 0.6) is 0 Å². The molecule has 0 radical (unpaired) electrons. The fourth-order valence-corrected chi connectivity index (χ4v) is 3.87. The van der Waals surface area contributed by atoms with Crippen molar-refractivity contribution >= 4 is 11.8 Å². The van der Waals surface area contributed by atoms with Gasteiger partial charge in [-0.1, -0.05) is 44.8 Å². The van der Waals surface area contributed by atoms with Gasteiger partial charge >= 0.3 is 5.97 Å². The third-order valence-corrected chi connectivity index (χ3v) is 5.83. The molecule has 3 N–H and O–H groups in total. The van der Waals surface area contributed by atoms with Gasteiger partial charge in [0.05, 0.1) is 13.2 Å². The van der Waals surface area contributed by atoms with E-state index in [1.54, 1.807) is 6.08 Å². The summed E-state index contributed by atoms with van der Waals surface area (Å²) in [5.41, 5.74) is 0. The van der Waals surface area contributed by atoms with Crippen molar-refractivity contribution < 1.29 is 34.4 Å². The molecule has 29 heavy (non-hydrogen) atoms. The number of Topliss-reactive ketones (excluding diaryl/α,β-unsaturated/α-hetero) is 1. The van der Waals surface area contributed by atoms with Gasteiger partial charge < -0.3 is 24.8 Å². The zero-order valence-electron chi connectivity index (χ0n) is 18.0. The maximum atomic E-state index is 12.3. The monoisotopic (exact) mass is 414 g/mol. The van der Waals surface area contributed by atoms with E-state index in [1.807, 2.05) is 6.92 Å². The first-order valence-corrected chi connectivity index (χ1v) is 10.7. The van der Waals surface area contributed by atoms with Crippen LogP contribution in [-0.2, 0) is 19.1 Å². The average molecular weight is 415 g/mol. The highest BCUT2D eigenvalue weighted by Crippen LogP contribution is 2.35. The minimum absolute atomic E-state index is 0.0317. The van der Waals surface area contributed by atoms with Crippen LogP contribution >= 0.6 is 0 Å². The molecule has 168 valence electrons. The van der Waals surface area contributed by atoms with Gasteiger partial charge in [-0.15, -0.1) is 0 Å². The molecule has 1 aliphatic carbocycles. The van der Waals surface area contributed by atoms with Crippen LogP contribution in [0.2, 0.25) is 0 Å². The van der Waals surface area contributed by atoms with Crippen LogP contribution in [0.4, 0.5) is 0 Å². The number of aliphatic hydroxyl groups is 3. The second kappa shape index (κ2) is 13.1. The number of unbranched alkanes of at least 4 members (excludes halogenated alkanes) is 4. The molecule has 1 rings (SSSR count). The van der Waals surface area contributed by atoms with E-state index in [0.29, 0.717) is 25.7 Å². The lowest BCUT2D eigenvalue weighted by atomic mass is 9.88. The second-order valence-electron chi connectivity index (χ2n) is 7.93. The van der Waals surface area contributed by atoms with E-state index in [0.717, 1.165) is 32.1 Å². The van der Waals surface area contributed by atoms with Crippen molar-refractivity contribution in [3.8, 4) is 0 Å². The van der Waals surface area contributed by atoms with E-state index < -0.39 is 18.0 Å². The van der Waals surface area contributed by atoms with Gasteiger partial charge in [0.2, 0.25) is 0 Å². The number of hydrogen-bond donors (Lipinski definition) is 3. The predicted octanol–water partition coefficient (Wildman–Crippen LogP) is 2.51. The summed E-state index contributed by atoms with van der Waals surface area (Å²) in [6.07, 6.45) is 7.49. The normalized spacial score (nSPS) is 25.3. The van der Waals surface area contributed by atoms with Gasteiger partial charge in [0.25, 0.3) is 0 Å². The van der Waals surface area contributed by atoms with Crippen molar-refractivity contribution in [1.82, 2.24) is 0 Å². The number of methoxy groups -OCH3 is 2. The Morgan fingerprint density at radius 3 is 2.55 bits per heavy atom. The fraction of sp³-hybridized carbons (Fsp3) is 0.818. The van der Waals surface area contributed by atoms with Crippen molar-refractivity contribution in [1.29, 1.82) is 0 Å². The summed E-state index contributed by atoms with van der Waals surface area (Å²) >= 11 is 0. The minimum Gasteiger partial charge on any atom is -0.469 e. The Hall–Kier alpha value is -1.28. The number of carbonyl (C=O) groups is 2. The van der Waals surface area contributed by atoms with Crippen LogP contribution in [-0.4, -0.2) is 59.3 Å². The van der Waals surface area contributed by atoms with Gasteiger partial charge in [-0.2, -0.15) is 0 Å².